The number of allylic oxidation sites excluding steroid dienone is 2. The van der Waals surface area contributed by atoms with E-state index < -0.39 is 0 Å². The Morgan fingerprint density at radius 1 is 1.10 bits per heavy atom. The molecule has 0 spiro atoms. The molecule has 2 aliphatic carbocycles. The lowest BCUT2D eigenvalue weighted by Gasteiger charge is -2.42. The molecule has 1 saturated heterocycles. The molecule has 1 aromatic rings. The molecule has 1 N–H and O–H groups in total. The highest BCUT2D eigenvalue weighted by atomic mass is 35.5. The summed E-state index contributed by atoms with van der Waals surface area (Å²) in [6.45, 7) is 1.20. The lowest BCUT2D eigenvalue weighted by atomic mass is 9.71. The Labute approximate surface area is 182 Å². The fourth-order valence-electron chi connectivity index (χ4n) is 5.06. The minimum Gasteiger partial charge on any atom is -0.353 e. The summed E-state index contributed by atoms with van der Waals surface area (Å²) in [6.07, 6.45) is 11.5. The minimum atomic E-state index is -0.268. The van der Waals surface area contributed by atoms with Gasteiger partial charge in [0.25, 0.3) is 0 Å². The van der Waals surface area contributed by atoms with E-state index in [0.717, 1.165) is 24.8 Å². The van der Waals surface area contributed by atoms with Gasteiger partial charge in [0.2, 0.25) is 11.8 Å². The number of piperidine rings is 1. The first-order valence-electron chi connectivity index (χ1n) is 10.7. The highest BCUT2D eigenvalue weighted by Gasteiger charge is 2.44. The molecule has 4 rings (SSSR count). The van der Waals surface area contributed by atoms with Gasteiger partial charge >= 0.3 is 0 Å². The number of carbonyl (C=O) groups excluding carboxylic acids is 2. The first-order chi connectivity index (χ1) is 14.0. The molecular formula is C23H28Cl2N2O2. The lowest BCUT2D eigenvalue weighted by Crippen LogP contribution is -2.52. The van der Waals surface area contributed by atoms with Crippen molar-refractivity contribution in [3.8, 4) is 0 Å². The predicted molar refractivity (Wildman–Crippen MR) is 116 cm³/mol. The smallest absolute Gasteiger partial charge is 0.227 e. The first kappa shape index (κ1) is 20.7. The Kier molecular flexibility index (Phi) is 6.50. The van der Waals surface area contributed by atoms with Crippen LogP contribution >= 0.6 is 23.2 Å². The summed E-state index contributed by atoms with van der Waals surface area (Å²) in [7, 11) is 0. The number of carbonyl (C=O) groups is 2. The summed E-state index contributed by atoms with van der Waals surface area (Å²) in [6, 6.07) is 5.76. The second-order valence-corrected chi connectivity index (χ2v) is 9.41. The number of hydrogen-bond acceptors (Lipinski definition) is 2. The molecule has 6 heteroatoms. The van der Waals surface area contributed by atoms with Crippen molar-refractivity contribution in [1.82, 2.24) is 10.2 Å². The molecule has 0 radical (unpaired) electrons. The zero-order chi connectivity index (χ0) is 20.4. The van der Waals surface area contributed by atoms with Gasteiger partial charge in [-0.3, -0.25) is 9.59 Å². The number of nitrogens with one attached hydrogen (secondary N) is 1. The predicted octanol–water partition coefficient (Wildman–Crippen LogP) is 4.98. The van der Waals surface area contributed by atoms with Crippen molar-refractivity contribution >= 4 is 35.0 Å². The maximum absolute atomic E-state index is 13.4. The Balaban J connectivity index is 1.46. The third-order valence-electron chi connectivity index (χ3n) is 6.64. The van der Waals surface area contributed by atoms with Gasteiger partial charge in [-0.25, -0.2) is 0 Å². The molecule has 1 aromatic carbocycles. The number of rotatable bonds is 4. The van der Waals surface area contributed by atoms with Gasteiger partial charge in [-0.05, 0) is 49.3 Å². The number of amides is 2. The van der Waals surface area contributed by atoms with E-state index in [4.69, 9.17) is 23.2 Å². The fraction of sp³-hybridized carbons (Fsp3) is 0.565. The van der Waals surface area contributed by atoms with Gasteiger partial charge in [-0.1, -0.05) is 60.7 Å². The third-order valence-corrected chi connectivity index (χ3v) is 7.38. The van der Waals surface area contributed by atoms with E-state index in [1.54, 1.807) is 6.07 Å². The number of likely N-dealkylation sites (tertiary alicyclic amines) is 1. The number of halogens is 2. The van der Waals surface area contributed by atoms with Gasteiger partial charge in [0, 0.05) is 19.1 Å². The summed E-state index contributed by atoms with van der Waals surface area (Å²) in [5.41, 5.74) is 0.959. The zero-order valence-corrected chi connectivity index (χ0v) is 18.1. The summed E-state index contributed by atoms with van der Waals surface area (Å²) < 4.78 is 0. The molecule has 4 nitrogen and oxygen atoms in total. The van der Waals surface area contributed by atoms with Crippen LogP contribution in [-0.4, -0.2) is 29.3 Å². The number of nitrogens with zero attached hydrogens (tertiary/aromatic N) is 1. The highest BCUT2D eigenvalue weighted by molar-refractivity contribution is 6.42. The van der Waals surface area contributed by atoms with Crippen LogP contribution in [-0.2, 0) is 16.1 Å². The van der Waals surface area contributed by atoms with Crippen molar-refractivity contribution in [2.75, 3.05) is 6.54 Å². The molecule has 2 amide bonds. The quantitative estimate of drug-likeness (QED) is 0.678. The third kappa shape index (κ3) is 4.64. The SMILES string of the molecule is O=C(NC1CCCCC1)[C@@H]1CC=C[C@@H]2CCN(Cc3ccc(Cl)c(Cl)c3)C(=O)[C@@H]21. The number of benzene rings is 1. The molecule has 1 heterocycles. The molecule has 3 atom stereocenters. The second-order valence-electron chi connectivity index (χ2n) is 8.60. The molecule has 1 aliphatic heterocycles. The monoisotopic (exact) mass is 434 g/mol. The largest absolute Gasteiger partial charge is 0.353 e. The van der Waals surface area contributed by atoms with E-state index in [-0.39, 0.29) is 35.6 Å². The van der Waals surface area contributed by atoms with Crippen molar-refractivity contribution < 1.29 is 9.59 Å². The molecule has 2 fully saturated rings. The van der Waals surface area contributed by atoms with Crippen LogP contribution in [0.25, 0.3) is 0 Å². The minimum absolute atomic E-state index is 0.0565. The van der Waals surface area contributed by atoms with E-state index in [1.807, 2.05) is 17.0 Å². The van der Waals surface area contributed by atoms with Crippen LogP contribution in [0.5, 0.6) is 0 Å². The molecular weight excluding hydrogens is 407 g/mol. The van der Waals surface area contributed by atoms with Gasteiger partial charge in [0.15, 0.2) is 0 Å². The summed E-state index contributed by atoms with van der Waals surface area (Å²) in [4.78, 5) is 28.3. The van der Waals surface area contributed by atoms with Gasteiger partial charge in [0.1, 0.15) is 0 Å². The Hall–Kier alpha value is -1.52. The molecule has 3 aliphatic rings. The van der Waals surface area contributed by atoms with Crippen molar-refractivity contribution in [2.45, 2.75) is 57.5 Å². The van der Waals surface area contributed by atoms with Crippen LogP contribution in [0, 0.1) is 17.8 Å². The van der Waals surface area contributed by atoms with Crippen molar-refractivity contribution in [3.05, 3.63) is 46.0 Å². The standard InChI is InChI=1S/C23H28Cl2N2O2/c24-19-10-9-15(13-20(19)25)14-27-12-11-16-5-4-8-18(21(16)23(27)29)22(28)26-17-6-2-1-3-7-17/h4-5,9-10,13,16-18,21H,1-3,6-8,11-12,14H2,(H,26,28)/t16-,18-,21+/m1/s1. The van der Waals surface area contributed by atoms with Gasteiger partial charge < -0.3 is 10.2 Å². The first-order valence-corrected chi connectivity index (χ1v) is 11.5. The van der Waals surface area contributed by atoms with E-state index >= 15 is 0 Å². The van der Waals surface area contributed by atoms with Gasteiger partial charge in [-0.2, -0.15) is 0 Å². The van der Waals surface area contributed by atoms with Crippen LogP contribution in [0.4, 0.5) is 0 Å². The van der Waals surface area contributed by atoms with Gasteiger partial charge in [-0.15, -0.1) is 0 Å². The average Bonchev–Trinajstić information content (AvgIpc) is 2.73. The molecule has 156 valence electrons. The molecule has 0 unspecified atom stereocenters. The van der Waals surface area contributed by atoms with E-state index in [9.17, 15) is 9.59 Å². The zero-order valence-electron chi connectivity index (χ0n) is 16.6. The highest BCUT2D eigenvalue weighted by Crippen LogP contribution is 2.38. The summed E-state index contributed by atoms with van der Waals surface area (Å²) in [5, 5.41) is 4.25. The number of fused-ring (bicyclic) bond motifs is 1. The fourth-order valence-corrected chi connectivity index (χ4v) is 5.38. The Bertz CT molecular complexity index is 804. The maximum atomic E-state index is 13.4. The van der Waals surface area contributed by atoms with Crippen molar-refractivity contribution in [1.29, 1.82) is 0 Å². The second kappa shape index (κ2) is 9.09. The van der Waals surface area contributed by atoms with Gasteiger partial charge in [0.05, 0.1) is 21.9 Å². The molecule has 0 aromatic heterocycles. The Morgan fingerprint density at radius 3 is 2.66 bits per heavy atom. The molecule has 1 saturated carbocycles. The van der Waals surface area contributed by atoms with Crippen LogP contribution in [0.15, 0.2) is 30.4 Å². The van der Waals surface area contributed by atoms with E-state index in [1.165, 1.54) is 19.3 Å². The molecule has 29 heavy (non-hydrogen) atoms. The lowest BCUT2D eigenvalue weighted by molar-refractivity contribution is -0.148. The van der Waals surface area contributed by atoms with Crippen LogP contribution in [0.2, 0.25) is 10.0 Å². The average molecular weight is 435 g/mol. The van der Waals surface area contributed by atoms with E-state index in [0.29, 0.717) is 29.6 Å². The van der Waals surface area contributed by atoms with E-state index in [2.05, 4.69) is 17.5 Å². The van der Waals surface area contributed by atoms with Crippen LogP contribution in [0.1, 0.15) is 50.5 Å². The van der Waals surface area contributed by atoms with Crippen molar-refractivity contribution in [2.24, 2.45) is 17.8 Å². The topological polar surface area (TPSA) is 49.4 Å². The van der Waals surface area contributed by atoms with Crippen LogP contribution < -0.4 is 5.32 Å². The summed E-state index contributed by atoms with van der Waals surface area (Å²) >= 11 is 12.2. The molecule has 0 bridgehead atoms. The Morgan fingerprint density at radius 2 is 1.90 bits per heavy atom. The normalized spacial score (nSPS) is 27.6. The summed E-state index contributed by atoms with van der Waals surface area (Å²) in [5.74, 6) is -0.235. The van der Waals surface area contributed by atoms with Crippen molar-refractivity contribution in [3.63, 3.8) is 0 Å². The van der Waals surface area contributed by atoms with Crippen LogP contribution in [0.3, 0.4) is 0 Å². The maximum Gasteiger partial charge on any atom is 0.227 e. The number of hydrogen-bond donors (Lipinski definition) is 1.